The van der Waals surface area contributed by atoms with E-state index in [1.807, 2.05) is 0 Å². The summed E-state index contributed by atoms with van der Waals surface area (Å²) in [6, 6.07) is 2.87. The van der Waals surface area contributed by atoms with Gasteiger partial charge in [0.05, 0.1) is 17.4 Å². The van der Waals surface area contributed by atoms with Crippen molar-refractivity contribution in [2.45, 2.75) is 6.42 Å². The maximum Gasteiger partial charge on any atom is 0.328 e. The zero-order chi connectivity index (χ0) is 14.3. The first-order valence-electron chi connectivity index (χ1n) is 6.12. The second kappa shape index (κ2) is 4.44. The number of aldehydes is 1. The van der Waals surface area contributed by atoms with Crippen LogP contribution in [0.5, 0.6) is 0 Å². The molecule has 1 fully saturated rings. The highest BCUT2D eigenvalue weighted by molar-refractivity contribution is 6.10. The van der Waals surface area contributed by atoms with E-state index in [4.69, 9.17) is 0 Å². The highest BCUT2D eigenvalue weighted by Crippen LogP contribution is 2.29. The summed E-state index contributed by atoms with van der Waals surface area (Å²) in [4.78, 5) is 35.6. The van der Waals surface area contributed by atoms with Crippen molar-refractivity contribution in [3.8, 4) is 0 Å². The van der Waals surface area contributed by atoms with E-state index in [0.29, 0.717) is 11.3 Å². The van der Waals surface area contributed by atoms with Gasteiger partial charge in [-0.1, -0.05) is 0 Å². The Morgan fingerprint density at radius 1 is 1.35 bits per heavy atom. The van der Waals surface area contributed by atoms with Gasteiger partial charge in [-0.25, -0.2) is 4.79 Å². The lowest BCUT2D eigenvalue weighted by atomic mass is 10.1. The van der Waals surface area contributed by atoms with Crippen LogP contribution in [0.2, 0.25) is 0 Å². The van der Waals surface area contributed by atoms with E-state index in [-0.39, 0.29) is 18.9 Å². The van der Waals surface area contributed by atoms with Gasteiger partial charge in [0.15, 0.2) is 0 Å². The summed E-state index contributed by atoms with van der Waals surface area (Å²) in [6.07, 6.45) is 2.60. The van der Waals surface area contributed by atoms with Crippen LogP contribution in [-0.2, 0) is 11.8 Å². The van der Waals surface area contributed by atoms with Crippen LogP contribution in [0.25, 0.3) is 10.9 Å². The summed E-state index contributed by atoms with van der Waals surface area (Å²) in [6.45, 7) is 0.289. The van der Waals surface area contributed by atoms with Crippen molar-refractivity contribution >= 4 is 34.8 Å². The predicted octanol–water partition coefficient (Wildman–Crippen LogP) is 0.832. The Morgan fingerprint density at radius 2 is 2.15 bits per heavy atom. The number of fused-ring (bicyclic) bond motifs is 1. The average Bonchev–Trinajstić information content (AvgIpc) is 2.80. The number of hydrogen-bond donors (Lipinski definition) is 1. The first kappa shape index (κ1) is 12.3. The number of rotatable bonds is 2. The first-order valence-corrected chi connectivity index (χ1v) is 6.12. The van der Waals surface area contributed by atoms with Crippen molar-refractivity contribution in [2.24, 2.45) is 7.05 Å². The smallest absolute Gasteiger partial charge is 0.298 e. The van der Waals surface area contributed by atoms with Gasteiger partial charge in [-0.3, -0.25) is 24.5 Å². The molecule has 1 saturated heterocycles. The number of benzene rings is 1. The number of imide groups is 1. The lowest BCUT2D eigenvalue weighted by Crippen LogP contribution is -2.49. The van der Waals surface area contributed by atoms with Crippen molar-refractivity contribution in [2.75, 3.05) is 11.4 Å². The molecule has 1 N–H and O–H groups in total. The van der Waals surface area contributed by atoms with Crippen LogP contribution in [0.3, 0.4) is 0 Å². The molecule has 0 atom stereocenters. The highest BCUT2D eigenvalue weighted by Gasteiger charge is 2.26. The summed E-state index contributed by atoms with van der Waals surface area (Å²) < 4.78 is 1.64. The summed E-state index contributed by atoms with van der Waals surface area (Å²) in [7, 11) is 1.76. The number of carbonyl (C=O) groups is 3. The molecule has 1 aromatic carbocycles. The van der Waals surface area contributed by atoms with Crippen molar-refractivity contribution in [3.05, 3.63) is 23.9 Å². The highest BCUT2D eigenvalue weighted by atomic mass is 16.2. The Kier molecular flexibility index (Phi) is 2.74. The molecule has 3 rings (SSSR count). The second-order valence-corrected chi connectivity index (χ2v) is 4.61. The number of carbonyl (C=O) groups excluding carboxylic acids is 3. The second-order valence-electron chi connectivity index (χ2n) is 4.61. The molecule has 2 heterocycles. The lowest BCUT2D eigenvalue weighted by Gasteiger charge is -2.27. The minimum atomic E-state index is -0.477. The number of nitrogens with one attached hydrogen (secondary N) is 1. The standard InChI is InChI=1S/C13H12N4O3/c1-16-10-4-8(7-18)5-11(9(10)6-14-16)17-3-2-12(19)15-13(17)20/h4-7H,2-3H2,1H3,(H,15,19,20). The van der Waals surface area contributed by atoms with Gasteiger partial charge in [-0.2, -0.15) is 5.10 Å². The van der Waals surface area contributed by atoms with Crippen LogP contribution in [0, 0.1) is 0 Å². The molecule has 0 saturated carbocycles. The molecule has 1 aliphatic rings. The van der Waals surface area contributed by atoms with Gasteiger partial charge < -0.3 is 0 Å². The van der Waals surface area contributed by atoms with E-state index in [9.17, 15) is 14.4 Å². The van der Waals surface area contributed by atoms with E-state index in [1.54, 1.807) is 30.1 Å². The summed E-state index contributed by atoms with van der Waals surface area (Å²) in [5.41, 5.74) is 1.80. The summed E-state index contributed by atoms with van der Waals surface area (Å²) in [5, 5.41) is 7.18. The molecule has 3 amide bonds. The van der Waals surface area contributed by atoms with Gasteiger partial charge in [0.1, 0.15) is 6.29 Å². The number of hydrogen-bond acceptors (Lipinski definition) is 4. The van der Waals surface area contributed by atoms with Crippen molar-refractivity contribution in [1.82, 2.24) is 15.1 Å². The van der Waals surface area contributed by atoms with Gasteiger partial charge in [-0.15, -0.1) is 0 Å². The van der Waals surface area contributed by atoms with E-state index in [0.717, 1.165) is 17.2 Å². The average molecular weight is 272 g/mol. The van der Waals surface area contributed by atoms with Crippen molar-refractivity contribution in [3.63, 3.8) is 0 Å². The largest absolute Gasteiger partial charge is 0.328 e. The van der Waals surface area contributed by atoms with Crippen LogP contribution in [0.15, 0.2) is 18.3 Å². The monoisotopic (exact) mass is 272 g/mol. The minimum absolute atomic E-state index is 0.235. The van der Waals surface area contributed by atoms with Gasteiger partial charge in [0, 0.05) is 31.0 Å². The third-order valence-electron chi connectivity index (χ3n) is 3.35. The van der Waals surface area contributed by atoms with Crippen LogP contribution in [0.4, 0.5) is 10.5 Å². The van der Waals surface area contributed by atoms with E-state index < -0.39 is 6.03 Å². The van der Waals surface area contributed by atoms with Crippen LogP contribution in [-0.4, -0.2) is 34.5 Å². The molecule has 0 aliphatic carbocycles. The quantitative estimate of drug-likeness (QED) is 0.821. The predicted molar refractivity (Wildman–Crippen MR) is 71.6 cm³/mol. The molecule has 102 valence electrons. The molecular formula is C13H12N4O3. The Labute approximate surface area is 114 Å². The van der Waals surface area contributed by atoms with Crippen molar-refractivity contribution in [1.29, 1.82) is 0 Å². The molecule has 7 nitrogen and oxygen atoms in total. The zero-order valence-corrected chi connectivity index (χ0v) is 10.8. The van der Waals surface area contributed by atoms with Gasteiger partial charge >= 0.3 is 6.03 Å². The molecule has 20 heavy (non-hydrogen) atoms. The minimum Gasteiger partial charge on any atom is -0.298 e. The Hall–Kier alpha value is -2.70. The summed E-state index contributed by atoms with van der Waals surface area (Å²) in [5.74, 6) is -0.291. The first-order chi connectivity index (χ1) is 9.60. The SMILES string of the molecule is Cn1ncc2c(N3CCC(=O)NC3=O)cc(C=O)cc21. The van der Waals surface area contributed by atoms with Crippen LogP contribution >= 0.6 is 0 Å². The zero-order valence-electron chi connectivity index (χ0n) is 10.8. The third-order valence-corrected chi connectivity index (χ3v) is 3.35. The van der Waals surface area contributed by atoms with E-state index in [1.165, 1.54) is 4.90 Å². The van der Waals surface area contributed by atoms with E-state index >= 15 is 0 Å². The molecule has 0 bridgehead atoms. The van der Waals surface area contributed by atoms with Gasteiger partial charge in [-0.05, 0) is 12.1 Å². The van der Waals surface area contributed by atoms with Crippen molar-refractivity contribution < 1.29 is 14.4 Å². The fourth-order valence-electron chi connectivity index (χ4n) is 2.34. The van der Waals surface area contributed by atoms with Gasteiger partial charge in [0.2, 0.25) is 5.91 Å². The Bertz CT molecular complexity index is 735. The number of nitrogens with zero attached hydrogens (tertiary/aromatic N) is 3. The third kappa shape index (κ3) is 1.83. The molecule has 0 spiro atoms. The molecule has 2 aromatic rings. The number of aryl methyl sites for hydroxylation is 1. The molecule has 0 unspecified atom stereocenters. The Morgan fingerprint density at radius 3 is 2.85 bits per heavy atom. The van der Waals surface area contributed by atoms with Crippen LogP contribution < -0.4 is 10.2 Å². The Balaban J connectivity index is 2.17. The number of amides is 3. The number of aromatic nitrogens is 2. The molecule has 7 heteroatoms. The van der Waals surface area contributed by atoms with Crippen LogP contribution in [0.1, 0.15) is 16.8 Å². The van der Waals surface area contributed by atoms with Gasteiger partial charge in [0.25, 0.3) is 0 Å². The molecule has 1 aliphatic heterocycles. The fourth-order valence-corrected chi connectivity index (χ4v) is 2.34. The number of anilines is 1. The molecule has 0 radical (unpaired) electrons. The topological polar surface area (TPSA) is 84.3 Å². The number of urea groups is 1. The normalized spacial score (nSPS) is 15.6. The fraction of sp³-hybridized carbons (Fsp3) is 0.231. The maximum atomic E-state index is 11.9. The lowest BCUT2D eigenvalue weighted by molar-refractivity contribution is -0.120. The molecular weight excluding hydrogens is 260 g/mol. The molecule has 1 aromatic heterocycles. The maximum absolute atomic E-state index is 11.9. The summed E-state index contributed by atoms with van der Waals surface area (Å²) >= 11 is 0. The van der Waals surface area contributed by atoms with E-state index in [2.05, 4.69) is 10.4 Å².